The Labute approximate surface area is 134 Å². The number of aliphatic carboxylic acids is 1. The number of esters is 1. The summed E-state index contributed by atoms with van der Waals surface area (Å²) in [5, 5.41) is 9.17. The number of carboxylic acid groups (broad SMARTS) is 1. The first-order valence-corrected chi connectivity index (χ1v) is 8.56. The summed E-state index contributed by atoms with van der Waals surface area (Å²) in [4.78, 5) is 22.5. The van der Waals surface area contributed by atoms with Gasteiger partial charge in [0.2, 0.25) is 15.8 Å². The number of furan rings is 1. The lowest BCUT2D eigenvalue weighted by atomic mass is 10.1. The van der Waals surface area contributed by atoms with Gasteiger partial charge in [-0.3, -0.25) is 4.79 Å². The predicted octanol–water partition coefficient (Wildman–Crippen LogP) is 1.41. The number of ether oxygens (including phenoxy) is 1. The van der Waals surface area contributed by atoms with Crippen LogP contribution in [0.3, 0.4) is 0 Å². The molecule has 1 heterocycles. The van der Waals surface area contributed by atoms with Crippen molar-refractivity contribution in [2.75, 3.05) is 7.11 Å². The third kappa shape index (κ3) is 4.80. The van der Waals surface area contributed by atoms with Crippen LogP contribution in [0.25, 0.3) is 0 Å². The van der Waals surface area contributed by atoms with E-state index in [4.69, 9.17) is 9.52 Å². The number of carboxylic acids is 1. The normalized spacial score (nSPS) is 13.1. The summed E-state index contributed by atoms with van der Waals surface area (Å²) >= 11 is 0. The minimum absolute atomic E-state index is 0.0144. The lowest BCUT2D eigenvalue weighted by molar-refractivity contribution is -0.139. The molecule has 1 rings (SSSR count). The van der Waals surface area contributed by atoms with Gasteiger partial charge in [0.15, 0.2) is 0 Å². The van der Waals surface area contributed by atoms with Gasteiger partial charge < -0.3 is 14.3 Å². The highest BCUT2D eigenvalue weighted by molar-refractivity contribution is 7.89. The van der Waals surface area contributed by atoms with Crippen molar-refractivity contribution in [1.82, 2.24) is 4.72 Å². The molecule has 9 heteroatoms. The summed E-state index contributed by atoms with van der Waals surface area (Å²) in [5.74, 6) is -2.28. The molecule has 23 heavy (non-hydrogen) atoms. The zero-order valence-corrected chi connectivity index (χ0v) is 14.3. The molecule has 0 spiro atoms. The van der Waals surface area contributed by atoms with Crippen molar-refractivity contribution >= 4 is 22.0 Å². The average molecular weight is 347 g/mol. The summed E-state index contributed by atoms with van der Waals surface area (Å²) in [5.41, 5.74) is 0. The van der Waals surface area contributed by atoms with Gasteiger partial charge in [-0.25, -0.2) is 13.2 Å². The van der Waals surface area contributed by atoms with Gasteiger partial charge in [0.25, 0.3) is 0 Å². The van der Waals surface area contributed by atoms with Gasteiger partial charge >= 0.3 is 11.9 Å². The molecule has 1 aromatic heterocycles. The molecule has 1 atom stereocenters. The van der Waals surface area contributed by atoms with Crippen LogP contribution in [-0.2, 0) is 26.0 Å². The molecular weight excluding hydrogens is 326 g/mol. The highest BCUT2D eigenvalue weighted by atomic mass is 32.2. The van der Waals surface area contributed by atoms with Crippen LogP contribution in [0, 0.1) is 5.92 Å². The maximum absolute atomic E-state index is 12.4. The van der Waals surface area contributed by atoms with Crippen LogP contribution in [0.15, 0.2) is 15.4 Å². The highest BCUT2D eigenvalue weighted by Crippen LogP contribution is 2.23. The SMILES string of the molecule is CCc1oc(C(=O)OC)cc1S(=O)(=O)NC(CC(C)C)C(=O)O. The molecule has 130 valence electrons. The zero-order valence-electron chi connectivity index (χ0n) is 13.5. The Morgan fingerprint density at radius 3 is 2.43 bits per heavy atom. The van der Waals surface area contributed by atoms with Crippen LogP contribution in [0.4, 0.5) is 0 Å². The Morgan fingerprint density at radius 2 is 2.00 bits per heavy atom. The number of methoxy groups -OCH3 is 1. The van der Waals surface area contributed by atoms with E-state index in [1.54, 1.807) is 20.8 Å². The van der Waals surface area contributed by atoms with Gasteiger partial charge in [0.1, 0.15) is 16.7 Å². The molecule has 0 bridgehead atoms. The van der Waals surface area contributed by atoms with Gasteiger partial charge in [-0.1, -0.05) is 20.8 Å². The van der Waals surface area contributed by atoms with Crippen LogP contribution < -0.4 is 4.72 Å². The lowest BCUT2D eigenvalue weighted by Crippen LogP contribution is -2.41. The van der Waals surface area contributed by atoms with Crippen LogP contribution in [-0.4, -0.2) is 38.6 Å². The van der Waals surface area contributed by atoms with Crippen molar-refractivity contribution in [2.45, 2.75) is 44.6 Å². The molecule has 0 aliphatic heterocycles. The van der Waals surface area contributed by atoms with Crippen molar-refractivity contribution in [3.05, 3.63) is 17.6 Å². The molecule has 0 fully saturated rings. The largest absolute Gasteiger partial charge is 0.480 e. The van der Waals surface area contributed by atoms with E-state index in [0.717, 1.165) is 13.2 Å². The fourth-order valence-electron chi connectivity index (χ4n) is 2.01. The van der Waals surface area contributed by atoms with Crippen molar-refractivity contribution in [3.8, 4) is 0 Å². The maximum atomic E-state index is 12.4. The summed E-state index contributed by atoms with van der Waals surface area (Å²) in [6.07, 6.45) is 0.354. The number of nitrogens with one attached hydrogen (secondary N) is 1. The number of hydrogen-bond donors (Lipinski definition) is 2. The molecule has 8 nitrogen and oxygen atoms in total. The topological polar surface area (TPSA) is 123 Å². The van der Waals surface area contributed by atoms with Gasteiger partial charge in [0.05, 0.1) is 7.11 Å². The van der Waals surface area contributed by atoms with E-state index >= 15 is 0 Å². The van der Waals surface area contributed by atoms with E-state index in [2.05, 4.69) is 9.46 Å². The van der Waals surface area contributed by atoms with Crippen molar-refractivity contribution in [3.63, 3.8) is 0 Å². The summed E-state index contributed by atoms with van der Waals surface area (Å²) in [6.45, 7) is 5.23. The second-order valence-electron chi connectivity index (χ2n) is 5.38. The number of carbonyl (C=O) groups excluding carboxylic acids is 1. The van der Waals surface area contributed by atoms with E-state index in [-0.39, 0.29) is 35.2 Å². The Balaban J connectivity index is 3.19. The van der Waals surface area contributed by atoms with Crippen molar-refractivity contribution < 1.29 is 32.3 Å². The third-order valence-electron chi connectivity index (χ3n) is 3.07. The minimum Gasteiger partial charge on any atom is -0.480 e. The van der Waals surface area contributed by atoms with Gasteiger partial charge in [-0.2, -0.15) is 4.72 Å². The Kier molecular flexibility index (Phi) is 6.34. The second-order valence-corrected chi connectivity index (χ2v) is 7.07. The molecule has 1 aromatic rings. The fourth-order valence-corrected chi connectivity index (χ4v) is 3.46. The number of carbonyl (C=O) groups is 2. The molecular formula is C14H21NO7S. The smallest absolute Gasteiger partial charge is 0.373 e. The van der Waals surface area contributed by atoms with Crippen LogP contribution >= 0.6 is 0 Å². The number of aryl methyl sites for hydroxylation is 1. The number of hydrogen-bond acceptors (Lipinski definition) is 6. The van der Waals surface area contributed by atoms with E-state index in [9.17, 15) is 18.0 Å². The van der Waals surface area contributed by atoms with E-state index in [1.807, 2.05) is 0 Å². The van der Waals surface area contributed by atoms with Gasteiger partial charge in [-0.15, -0.1) is 0 Å². The van der Waals surface area contributed by atoms with Crippen molar-refractivity contribution in [2.24, 2.45) is 5.92 Å². The standard InChI is InChI=1S/C14H21NO7S/c1-5-10-12(7-11(22-10)14(18)21-4)23(19,20)15-9(13(16)17)6-8(2)3/h7-9,15H,5-6H2,1-4H3,(H,16,17). The molecule has 2 N–H and O–H groups in total. The summed E-state index contributed by atoms with van der Waals surface area (Å²) < 4.78 is 36.7. The molecule has 1 unspecified atom stereocenters. The van der Waals surface area contributed by atoms with Crippen LogP contribution in [0.2, 0.25) is 0 Å². The first-order valence-electron chi connectivity index (χ1n) is 7.08. The molecule has 0 aromatic carbocycles. The minimum atomic E-state index is -4.15. The number of rotatable bonds is 8. The van der Waals surface area contributed by atoms with E-state index < -0.39 is 28.0 Å². The Hall–Kier alpha value is -1.87. The third-order valence-corrected chi connectivity index (χ3v) is 4.59. The van der Waals surface area contributed by atoms with E-state index in [1.165, 1.54) is 0 Å². The molecule has 0 aliphatic carbocycles. The van der Waals surface area contributed by atoms with Gasteiger partial charge in [-0.05, 0) is 12.3 Å². The quantitative estimate of drug-likeness (QED) is 0.681. The van der Waals surface area contributed by atoms with Crippen LogP contribution in [0.5, 0.6) is 0 Å². The lowest BCUT2D eigenvalue weighted by Gasteiger charge is -2.16. The maximum Gasteiger partial charge on any atom is 0.373 e. The fraction of sp³-hybridized carbons (Fsp3) is 0.571. The second kappa shape index (κ2) is 7.60. The first-order chi connectivity index (χ1) is 10.6. The van der Waals surface area contributed by atoms with E-state index in [0.29, 0.717) is 0 Å². The average Bonchev–Trinajstić information content (AvgIpc) is 2.90. The monoisotopic (exact) mass is 347 g/mol. The molecule has 0 radical (unpaired) electrons. The summed E-state index contributed by atoms with van der Waals surface area (Å²) in [6, 6.07) is -0.220. The Morgan fingerprint density at radius 1 is 1.39 bits per heavy atom. The number of sulfonamides is 1. The Bertz CT molecular complexity index is 675. The molecule has 0 amide bonds. The summed E-state index contributed by atoms with van der Waals surface area (Å²) in [7, 11) is -3.00. The molecule has 0 saturated carbocycles. The predicted molar refractivity (Wildman–Crippen MR) is 80.6 cm³/mol. The molecule has 0 aliphatic rings. The first kappa shape index (κ1) is 19.2. The molecule has 0 saturated heterocycles. The van der Waals surface area contributed by atoms with Gasteiger partial charge in [0, 0.05) is 12.5 Å². The van der Waals surface area contributed by atoms with Crippen LogP contribution in [0.1, 0.15) is 43.5 Å². The zero-order chi connectivity index (χ0) is 17.8. The highest BCUT2D eigenvalue weighted by Gasteiger charge is 2.30. The van der Waals surface area contributed by atoms with Crippen molar-refractivity contribution in [1.29, 1.82) is 0 Å².